The molecule has 0 bridgehead atoms. The van der Waals surface area contributed by atoms with Gasteiger partial charge >= 0.3 is 0 Å². The Morgan fingerprint density at radius 3 is 1.86 bits per heavy atom. The van der Waals surface area contributed by atoms with Crippen LogP contribution in [-0.4, -0.2) is 5.90 Å². The molecule has 0 saturated carbocycles. The maximum atomic E-state index is 8.43. The van der Waals surface area contributed by atoms with Crippen LogP contribution in [0.25, 0.3) is 49.8 Å². The molecule has 3 N–H and O–H groups in total. The molecule has 0 saturated heterocycles. The van der Waals surface area contributed by atoms with E-state index in [2.05, 4.69) is 146 Å². The Hall–Kier alpha value is -7.01. The summed E-state index contributed by atoms with van der Waals surface area (Å²) >= 11 is 0. The molecule has 8 aromatic rings. The van der Waals surface area contributed by atoms with Gasteiger partial charge in [-0.15, -0.1) is 5.69 Å². The van der Waals surface area contributed by atoms with E-state index < -0.39 is 11.6 Å². The molecule has 1 spiro atoms. The van der Waals surface area contributed by atoms with Gasteiger partial charge in [-0.25, -0.2) is 0 Å². The number of hydrogen-bond acceptors (Lipinski definition) is 3. The van der Waals surface area contributed by atoms with Crippen LogP contribution in [0.2, 0.25) is 0 Å². The lowest BCUT2D eigenvalue weighted by molar-refractivity contribution is 0.199. The highest BCUT2D eigenvalue weighted by Gasteiger charge is 2.52. The highest BCUT2D eigenvalue weighted by Crippen LogP contribution is 2.66. The quantitative estimate of drug-likeness (QED) is 0.106. The van der Waals surface area contributed by atoms with Gasteiger partial charge in [0.05, 0.1) is 5.41 Å². The number of nitrogens with one attached hydrogen (secondary N) is 1. The number of nitrogens with two attached hydrogens (primary N) is 1. The lowest BCUT2D eigenvalue weighted by Crippen LogP contribution is -2.26. The fourth-order valence-electron chi connectivity index (χ4n) is 9.59. The number of hydrogen-bond donors (Lipinski definition) is 2. The molecule has 2 unspecified atom stereocenters. The SMILES string of the molecule is N=C(OC(N)c1cccc(-c2ccc(C3[N-]c4ccccc4-c4ccc5c(c43)-c3ccccc3C53c4ccccc4-c4ccccc43)cc2)c1)c1ccccc1. The summed E-state index contributed by atoms with van der Waals surface area (Å²) in [6, 6.07) is 66.3. The Kier molecular flexibility index (Phi) is 7.25. The fourth-order valence-corrected chi connectivity index (χ4v) is 9.59. The van der Waals surface area contributed by atoms with Crippen molar-refractivity contribution in [1.29, 1.82) is 5.41 Å². The third kappa shape index (κ3) is 4.66. The van der Waals surface area contributed by atoms with Crippen molar-refractivity contribution in [3.63, 3.8) is 0 Å². The predicted molar refractivity (Wildman–Crippen MR) is 226 cm³/mol. The summed E-state index contributed by atoms with van der Waals surface area (Å²) in [7, 11) is 0. The Morgan fingerprint density at radius 2 is 1.14 bits per heavy atom. The van der Waals surface area contributed by atoms with Crippen molar-refractivity contribution in [2.45, 2.75) is 17.7 Å². The molecule has 0 fully saturated rings. The van der Waals surface area contributed by atoms with E-state index in [4.69, 9.17) is 21.2 Å². The van der Waals surface area contributed by atoms with Crippen LogP contribution >= 0.6 is 0 Å². The van der Waals surface area contributed by atoms with E-state index in [0.29, 0.717) is 5.56 Å². The van der Waals surface area contributed by atoms with Crippen molar-refractivity contribution < 1.29 is 4.74 Å². The number of benzene rings is 8. The summed E-state index contributed by atoms with van der Waals surface area (Å²) < 4.78 is 5.86. The number of ether oxygens (including phenoxy) is 1. The molecule has 8 aromatic carbocycles. The molecule has 0 aromatic heterocycles. The first-order chi connectivity index (χ1) is 27.6. The summed E-state index contributed by atoms with van der Waals surface area (Å²) in [5, 5.41) is 14.0. The monoisotopic (exact) mass is 718 g/mol. The molecular weight excluding hydrogens is 683 g/mol. The maximum Gasteiger partial charge on any atom is 0.215 e. The second-order valence-corrected chi connectivity index (χ2v) is 14.9. The van der Waals surface area contributed by atoms with Crippen molar-refractivity contribution in [2.75, 3.05) is 0 Å². The van der Waals surface area contributed by atoms with Gasteiger partial charge in [-0.2, -0.15) is 0 Å². The molecule has 2 atom stereocenters. The van der Waals surface area contributed by atoms with Crippen molar-refractivity contribution in [3.8, 4) is 44.5 Å². The zero-order valence-electron chi connectivity index (χ0n) is 30.5. The third-order valence-corrected chi connectivity index (χ3v) is 12.0. The van der Waals surface area contributed by atoms with Crippen molar-refractivity contribution in [2.24, 2.45) is 5.73 Å². The number of rotatable bonds is 5. The zero-order valence-corrected chi connectivity index (χ0v) is 30.5. The minimum absolute atomic E-state index is 0.0484. The second-order valence-electron chi connectivity index (χ2n) is 14.9. The smallest absolute Gasteiger partial charge is 0.215 e. The molecule has 11 rings (SSSR count). The largest absolute Gasteiger partial charge is 0.674 e. The minimum atomic E-state index is -0.772. The molecule has 3 aliphatic rings. The van der Waals surface area contributed by atoms with Gasteiger partial charge in [0, 0.05) is 11.1 Å². The third-order valence-electron chi connectivity index (χ3n) is 12.0. The number of fused-ring (bicyclic) bond motifs is 14. The van der Waals surface area contributed by atoms with E-state index >= 15 is 0 Å². The Labute approximate surface area is 326 Å². The van der Waals surface area contributed by atoms with Crippen LogP contribution in [0.4, 0.5) is 5.69 Å². The molecule has 0 amide bonds. The van der Waals surface area contributed by atoms with Gasteiger partial charge in [0.1, 0.15) is 0 Å². The van der Waals surface area contributed by atoms with Gasteiger partial charge in [0.15, 0.2) is 6.23 Å². The molecule has 266 valence electrons. The Balaban J connectivity index is 1.03. The highest BCUT2D eigenvalue weighted by atomic mass is 16.5. The molecule has 2 aliphatic carbocycles. The van der Waals surface area contributed by atoms with Gasteiger partial charge in [-0.05, 0) is 90.5 Å². The van der Waals surface area contributed by atoms with Gasteiger partial charge < -0.3 is 10.1 Å². The topological polar surface area (TPSA) is 73.2 Å². The summed E-state index contributed by atoms with van der Waals surface area (Å²) in [5.74, 6) is 0.0484. The summed E-state index contributed by atoms with van der Waals surface area (Å²) in [5.41, 5.74) is 26.0. The zero-order chi connectivity index (χ0) is 37.4. The molecule has 56 heavy (non-hydrogen) atoms. The van der Waals surface area contributed by atoms with Crippen LogP contribution in [0, 0.1) is 5.41 Å². The molecule has 4 heteroatoms. The van der Waals surface area contributed by atoms with Crippen LogP contribution in [0.15, 0.2) is 188 Å². The highest BCUT2D eigenvalue weighted by molar-refractivity contribution is 6.00. The number of para-hydroxylation sites is 1. The molecule has 0 radical (unpaired) electrons. The lowest BCUT2D eigenvalue weighted by atomic mass is 9.70. The van der Waals surface area contributed by atoms with E-state index in [1.165, 1.54) is 61.2 Å². The van der Waals surface area contributed by atoms with Gasteiger partial charge in [-0.1, -0.05) is 181 Å². The van der Waals surface area contributed by atoms with E-state index in [-0.39, 0.29) is 11.9 Å². The standard InChI is InChI=1S/C52H36N3O/c53-50(34-13-2-1-3-14-34)56-51(54)36-16-12-15-35(31-36)32-25-27-33(28-26-32)49-48-40(39-19-7-11-24-46(39)55-49)29-30-45-47(48)41-20-6-10-23-44(41)52(45)42-21-8-4-17-37(42)38-18-5-9-22-43(38)52/h1-31,49,51,53H,54H2/q-1. The molecule has 1 heterocycles. The van der Waals surface area contributed by atoms with Gasteiger partial charge in [0.2, 0.25) is 5.90 Å². The van der Waals surface area contributed by atoms with Crippen molar-refractivity contribution in [1.82, 2.24) is 0 Å². The van der Waals surface area contributed by atoms with E-state index in [0.717, 1.165) is 27.9 Å². The lowest BCUT2D eigenvalue weighted by Gasteiger charge is -2.43. The second kappa shape index (κ2) is 12.5. The fraction of sp³-hybridized carbons (Fsp3) is 0.0577. The first-order valence-electron chi connectivity index (χ1n) is 19.1. The van der Waals surface area contributed by atoms with E-state index in [1.54, 1.807) is 0 Å². The first-order valence-corrected chi connectivity index (χ1v) is 19.1. The average Bonchev–Trinajstić information content (AvgIpc) is 3.74. The van der Waals surface area contributed by atoms with Crippen LogP contribution in [0.3, 0.4) is 0 Å². The Morgan fingerprint density at radius 1 is 0.536 bits per heavy atom. The number of nitrogens with zero attached hydrogens (tertiary/aromatic N) is 1. The van der Waals surface area contributed by atoms with Crippen LogP contribution in [0.5, 0.6) is 0 Å². The minimum Gasteiger partial charge on any atom is -0.674 e. The van der Waals surface area contributed by atoms with Crippen molar-refractivity contribution in [3.05, 3.63) is 238 Å². The molecule has 4 nitrogen and oxygen atoms in total. The summed E-state index contributed by atoms with van der Waals surface area (Å²) in [6.07, 6.45) is -0.772. The van der Waals surface area contributed by atoms with E-state index in [9.17, 15) is 0 Å². The summed E-state index contributed by atoms with van der Waals surface area (Å²) in [6.45, 7) is 0. The van der Waals surface area contributed by atoms with Crippen LogP contribution < -0.4 is 5.73 Å². The normalized spacial score (nSPS) is 15.3. The molecule has 1 aliphatic heterocycles. The van der Waals surface area contributed by atoms with Gasteiger partial charge in [0.25, 0.3) is 0 Å². The maximum absolute atomic E-state index is 8.43. The van der Waals surface area contributed by atoms with Crippen molar-refractivity contribution >= 4 is 11.6 Å². The van der Waals surface area contributed by atoms with E-state index in [1.807, 2.05) is 42.5 Å². The van der Waals surface area contributed by atoms with Crippen LogP contribution in [-0.2, 0) is 10.2 Å². The predicted octanol–water partition coefficient (Wildman–Crippen LogP) is 12.5. The summed E-state index contributed by atoms with van der Waals surface area (Å²) in [4.78, 5) is 0. The average molecular weight is 719 g/mol. The molecular formula is C52H36N3O-. The van der Waals surface area contributed by atoms with Gasteiger partial charge in [-0.3, -0.25) is 11.1 Å². The van der Waals surface area contributed by atoms with Crippen LogP contribution in [0.1, 0.15) is 56.8 Å². The Bertz CT molecular complexity index is 2810. The first kappa shape index (κ1) is 32.4.